The number of nitrogens with one attached hydrogen (secondary N) is 2. The third kappa shape index (κ3) is 3.49. The molecule has 5 heteroatoms. The van der Waals surface area contributed by atoms with Gasteiger partial charge >= 0.3 is 0 Å². The second-order valence-corrected chi connectivity index (χ2v) is 6.87. The van der Waals surface area contributed by atoms with Crippen molar-refractivity contribution >= 4 is 16.8 Å². The summed E-state index contributed by atoms with van der Waals surface area (Å²) in [6.45, 7) is 2.93. The monoisotopic (exact) mass is 349 g/mol. The van der Waals surface area contributed by atoms with Gasteiger partial charge in [-0.1, -0.05) is 30.3 Å². The number of hydrogen-bond donors (Lipinski definition) is 3. The van der Waals surface area contributed by atoms with Crippen molar-refractivity contribution < 1.29 is 9.90 Å². The van der Waals surface area contributed by atoms with E-state index in [0.29, 0.717) is 12.1 Å². The predicted octanol–water partition coefficient (Wildman–Crippen LogP) is 2.66. The molecule has 1 amide bonds. The molecule has 26 heavy (non-hydrogen) atoms. The van der Waals surface area contributed by atoms with E-state index in [-0.39, 0.29) is 12.0 Å². The first-order chi connectivity index (χ1) is 12.7. The van der Waals surface area contributed by atoms with Crippen molar-refractivity contribution in [1.82, 2.24) is 15.2 Å². The SMILES string of the molecule is O=C(NCc1ccccc1CN1CC[C@H](O)C1)c1cccc2[nH]ccc12. The number of hydrogen-bond acceptors (Lipinski definition) is 3. The molecule has 0 spiro atoms. The van der Waals surface area contributed by atoms with Gasteiger partial charge in [0.25, 0.3) is 5.91 Å². The van der Waals surface area contributed by atoms with Gasteiger partial charge in [0, 0.05) is 48.8 Å². The molecule has 3 aromatic rings. The number of fused-ring (bicyclic) bond motifs is 1. The first-order valence-corrected chi connectivity index (χ1v) is 9.02. The summed E-state index contributed by atoms with van der Waals surface area (Å²) < 4.78 is 0. The van der Waals surface area contributed by atoms with Crippen molar-refractivity contribution in [2.24, 2.45) is 0 Å². The summed E-state index contributed by atoms with van der Waals surface area (Å²) in [5.41, 5.74) is 3.96. The molecule has 1 saturated heterocycles. The van der Waals surface area contributed by atoms with Crippen LogP contribution in [0.15, 0.2) is 54.7 Å². The molecule has 0 saturated carbocycles. The summed E-state index contributed by atoms with van der Waals surface area (Å²) in [5, 5.41) is 13.7. The molecule has 0 radical (unpaired) electrons. The van der Waals surface area contributed by atoms with E-state index >= 15 is 0 Å². The highest BCUT2D eigenvalue weighted by molar-refractivity contribution is 6.06. The van der Waals surface area contributed by atoms with Crippen molar-refractivity contribution in [2.75, 3.05) is 13.1 Å². The van der Waals surface area contributed by atoms with Crippen molar-refractivity contribution in [1.29, 1.82) is 0 Å². The third-order valence-electron chi connectivity index (χ3n) is 5.04. The summed E-state index contributed by atoms with van der Waals surface area (Å²) in [6.07, 6.45) is 2.46. The van der Waals surface area contributed by atoms with Crippen molar-refractivity contribution in [3.63, 3.8) is 0 Å². The zero-order chi connectivity index (χ0) is 17.9. The third-order valence-corrected chi connectivity index (χ3v) is 5.04. The van der Waals surface area contributed by atoms with Gasteiger partial charge < -0.3 is 15.4 Å². The minimum atomic E-state index is -0.219. The Kier molecular flexibility index (Phi) is 4.73. The smallest absolute Gasteiger partial charge is 0.252 e. The van der Waals surface area contributed by atoms with E-state index in [1.54, 1.807) is 0 Å². The number of carbonyl (C=O) groups is 1. The lowest BCUT2D eigenvalue weighted by Crippen LogP contribution is -2.25. The molecule has 134 valence electrons. The number of nitrogens with zero attached hydrogens (tertiary/aromatic N) is 1. The lowest BCUT2D eigenvalue weighted by atomic mass is 10.1. The van der Waals surface area contributed by atoms with E-state index in [1.807, 2.05) is 42.6 Å². The molecule has 2 heterocycles. The Hall–Kier alpha value is -2.63. The maximum atomic E-state index is 12.7. The Morgan fingerprint density at radius 1 is 1.15 bits per heavy atom. The maximum absolute atomic E-state index is 12.7. The molecule has 1 aliphatic rings. The van der Waals surface area contributed by atoms with Gasteiger partial charge in [0.15, 0.2) is 0 Å². The maximum Gasteiger partial charge on any atom is 0.252 e. The number of carbonyl (C=O) groups excluding carboxylic acids is 1. The van der Waals surface area contributed by atoms with Crippen LogP contribution in [0.5, 0.6) is 0 Å². The van der Waals surface area contributed by atoms with Crippen LogP contribution in [-0.4, -0.2) is 40.1 Å². The summed E-state index contributed by atoms with van der Waals surface area (Å²) in [5.74, 6) is -0.0680. The highest BCUT2D eigenvalue weighted by atomic mass is 16.3. The molecule has 5 nitrogen and oxygen atoms in total. The number of β-amino-alcohol motifs (C(OH)–C–C–N with tert-alkyl or cyclic N) is 1. The van der Waals surface area contributed by atoms with E-state index in [9.17, 15) is 9.90 Å². The van der Waals surface area contributed by atoms with Gasteiger partial charge in [-0.25, -0.2) is 0 Å². The van der Waals surface area contributed by atoms with Crippen molar-refractivity contribution in [3.05, 3.63) is 71.4 Å². The fourth-order valence-corrected chi connectivity index (χ4v) is 3.64. The number of aliphatic hydroxyl groups excluding tert-OH is 1. The Morgan fingerprint density at radius 2 is 2.00 bits per heavy atom. The standard InChI is InChI=1S/C21H23N3O2/c25-17-9-11-24(14-17)13-16-5-2-1-4-15(16)12-23-21(26)19-6-3-7-20-18(19)8-10-22-20/h1-8,10,17,22,25H,9,11-14H2,(H,23,26)/t17-/m0/s1. The molecule has 0 unspecified atom stereocenters. The van der Waals surface area contributed by atoms with Crippen LogP contribution in [-0.2, 0) is 13.1 Å². The normalized spacial score (nSPS) is 17.7. The predicted molar refractivity (Wildman–Crippen MR) is 102 cm³/mol. The van der Waals surface area contributed by atoms with E-state index < -0.39 is 0 Å². The molecular formula is C21H23N3O2. The average molecular weight is 349 g/mol. The van der Waals surface area contributed by atoms with Gasteiger partial charge in [-0.2, -0.15) is 0 Å². The van der Waals surface area contributed by atoms with Gasteiger partial charge in [0.05, 0.1) is 6.10 Å². The summed E-state index contributed by atoms with van der Waals surface area (Å²) in [7, 11) is 0. The molecule has 1 atom stereocenters. The first kappa shape index (κ1) is 16.8. The molecule has 2 aromatic carbocycles. The van der Waals surface area contributed by atoms with Gasteiger partial charge in [0.2, 0.25) is 0 Å². The quantitative estimate of drug-likeness (QED) is 0.663. The zero-order valence-corrected chi connectivity index (χ0v) is 14.6. The van der Waals surface area contributed by atoms with Gasteiger partial charge in [-0.15, -0.1) is 0 Å². The number of H-pyrrole nitrogens is 1. The molecule has 4 rings (SSSR count). The molecular weight excluding hydrogens is 326 g/mol. The Balaban J connectivity index is 1.46. The van der Waals surface area contributed by atoms with Crippen LogP contribution in [0.1, 0.15) is 27.9 Å². The van der Waals surface area contributed by atoms with Crippen LogP contribution in [0.3, 0.4) is 0 Å². The summed E-state index contributed by atoms with van der Waals surface area (Å²) >= 11 is 0. The number of benzene rings is 2. The minimum absolute atomic E-state index is 0.0680. The Morgan fingerprint density at radius 3 is 2.81 bits per heavy atom. The largest absolute Gasteiger partial charge is 0.392 e. The second-order valence-electron chi connectivity index (χ2n) is 6.87. The highest BCUT2D eigenvalue weighted by Gasteiger charge is 2.20. The lowest BCUT2D eigenvalue weighted by molar-refractivity contribution is 0.0952. The minimum Gasteiger partial charge on any atom is -0.392 e. The van der Waals surface area contributed by atoms with E-state index in [1.165, 1.54) is 5.56 Å². The Bertz CT molecular complexity index is 918. The van der Waals surface area contributed by atoms with Crippen LogP contribution in [0.25, 0.3) is 10.9 Å². The fraction of sp³-hybridized carbons (Fsp3) is 0.286. The number of amides is 1. The number of rotatable bonds is 5. The fourth-order valence-electron chi connectivity index (χ4n) is 3.64. The zero-order valence-electron chi connectivity index (χ0n) is 14.6. The van der Waals surface area contributed by atoms with Crippen molar-refractivity contribution in [3.8, 4) is 0 Å². The number of aliphatic hydroxyl groups is 1. The van der Waals surface area contributed by atoms with Crippen LogP contribution >= 0.6 is 0 Å². The van der Waals surface area contributed by atoms with E-state index in [0.717, 1.165) is 42.5 Å². The van der Waals surface area contributed by atoms with Crippen LogP contribution in [0.4, 0.5) is 0 Å². The summed E-state index contributed by atoms with van der Waals surface area (Å²) in [6, 6.07) is 15.8. The molecule has 0 bridgehead atoms. The van der Waals surface area contributed by atoms with Gasteiger partial charge in [0.1, 0.15) is 0 Å². The van der Waals surface area contributed by atoms with Crippen LogP contribution < -0.4 is 5.32 Å². The summed E-state index contributed by atoms with van der Waals surface area (Å²) in [4.78, 5) is 18.1. The lowest BCUT2D eigenvalue weighted by Gasteiger charge is -2.18. The number of aromatic nitrogens is 1. The molecule has 0 aliphatic carbocycles. The van der Waals surface area contributed by atoms with Crippen molar-refractivity contribution in [2.45, 2.75) is 25.6 Å². The van der Waals surface area contributed by atoms with Crippen LogP contribution in [0, 0.1) is 0 Å². The second kappa shape index (κ2) is 7.32. The first-order valence-electron chi connectivity index (χ1n) is 9.02. The van der Waals surface area contributed by atoms with Gasteiger partial charge in [-0.3, -0.25) is 9.69 Å². The van der Waals surface area contributed by atoms with E-state index in [4.69, 9.17) is 0 Å². The molecule has 3 N–H and O–H groups in total. The number of aromatic amines is 1. The number of likely N-dealkylation sites (tertiary alicyclic amines) is 1. The highest BCUT2D eigenvalue weighted by Crippen LogP contribution is 2.19. The molecule has 1 aliphatic heterocycles. The van der Waals surface area contributed by atoms with Crippen LogP contribution in [0.2, 0.25) is 0 Å². The average Bonchev–Trinajstić information content (AvgIpc) is 3.29. The molecule has 1 fully saturated rings. The molecule has 1 aromatic heterocycles. The topological polar surface area (TPSA) is 68.4 Å². The Labute approximate surface area is 152 Å². The van der Waals surface area contributed by atoms with Gasteiger partial charge in [-0.05, 0) is 35.7 Å². The van der Waals surface area contributed by atoms with E-state index in [2.05, 4.69) is 27.3 Å².